The van der Waals surface area contributed by atoms with Crippen LogP contribution in [0.2, 0.25) is 0 Å². The van der Waals surface area contributed by atoms with Crippen molar-refractivity contribution in [3.8, 4) is 0 Å². The first kappa shape index (κ1) is 10.7. The number of amides is 1. The second kappa shape index (κ2) is 4.13. The van der Waals surface area contributed by atoms with Crippen molar-refractivity contribution in [3.63, 3.8) is 0 Å². The van der Waals surface area contributed by atoms with Gasteiger partial charge in [0.1, 0.15) is 5.82 Å². The van der Waals surface area contributed by atoms with Crippen LogP contribution in [-0.4, -0.2) is 39.1 Å². The topological polar surface area (TPSA) is 61.9 Å². The van der Waals surface area contributed by atoms with E-state index >= 15 is 0 Å². The molecule has 5 heteroatoms. The highest BCUT2D eigenvalue weighted by atomic mass is 16.2. The number of aromatic amines is 1. The summed E-state index contributed by atoms with van der Waals surface area (Å²) in [6.07, 6.45) is 5.06. The van der Waals surface area contributed by atoms with Crippen LogP contribution in [0.3, 0.4) is 0 Å². The van der Waals surface area contributed by atoms with E-state index in [0.29, 0.717) is 11.6 Å². The minimum atomic E-state index is -0.00634. The first-order valence-corrected chi connectivity index (χ1v) is 6.40. The predicted octanol–water partition coefficient (Wildman–Crippen LogP) is 1.38. The third-order valence-electron chi connectivity index (χ3n) is 3.43. The van der Waals surface area contributed by atoms with E-state index in [1.807, 2.05) is 11.8 Å². The number of carbonyl (C=O) groups excluding carboxylic acids is 1. The lowest BCUT2D eigenvalue weighted by atomic mass is 10.3. The molecule has 2 fully saturated rings. The van der Waals surface area contributed by atoms with Crippen LogP contribution in [0.15, 0.2) is 0 Å². The first-order valence-electron chi connectivity index (χ1n) is 6.40. The average Bonchev–Trinajstić information content (AvgIpc) is 3.21. The van der Waals surface area contributed by atoms with Gasteiger partial charge in [0.25, 0.3) is 5.91 Å². The number of nitrogens with one attached hydrogen (secondary N) is 1. The maximum Gasteiger partial charge on any atom is 0.293 e. The normalized spacial score (nSPS) is 19.4. The Balaban J connectivity index is 1.69. The Morgan fingerprint density at radius 1 is 1.29 bits per heavy atom. The fraction of sp³-hybridized carbons (Fsp3) is 0.750. The molecule has 0 unspecified atom stereocenters. The number of aromatic nitrogens is 3. The largest absolute Gasteiger partial charge is 0.335 e. The van der Waals surface area contributed by atoms with E-state index in [9.17, 15) is 4.79 Å². The smallest absolute Gasteiger partial charge is 0.293 e. The number of rotatable bonds is 5. The summed E-state index contributed by atoms with van der Waals surface area (Å²) in [7, 11) is 0. The van der Waals surface area contributed by atoms with Gasteiger partial charge in [0.05, 0.1) is 0 Å². The highest BCUT2D eigenvalue weighted by Crippen LogP contribution is 2.34. The van der Waals surface area contributed by atoms with Crippen LogP contribution in [0.25, 0.3) is 0 Å². The zero-order chi connectivity index (χ0) is 11.8. The van der Waals surface area contributed by atoms with Crippen LogP contribution in [0.4, 0.5) is 0 Å². The van der Waals surface area contributed by atoms with Crippen molar-refractivity contribution < 1.29 is 4.79 Å². The molecule has 1 heterocycles. The molecule has 1 N–H and O–H groups in total. The Labute approximate surface area is 101 Å². The summed E-state index contributed by atoms with van der Waals surface area (Å²) in [5, 5.41) is 6.70. The van der Waals surface area contributed by atoms with E-state index in [-0.39, 0.29) is 5.91 Å². The van der Waals surface area contributed by atoms with E-state index in [4.69, 9.17) is 0 Å². The lowest BCUT2D eigenvalue weighted by molar-refractivity contribution is 0.0727. The molecule has 2 aliphatic rings. The quantitative estimate of drug-likeness (QED) is 0.837. The highest BCUT2D eigenvalue weighted by molar-refractivity contribution is 5.90. The summed E-state index contributed by atoms with van der Waals surface area (Å²) < 4.78 is 0. The molecule has 2 aliphatic carbocycles. The van der Waals surface area contributed by atoms with Gasteiger partial charge in [-0.25, -0.2) is 4.98 Å². The summed E-state index contributed by atoms with van der Waals surface area (Å²) >= 11 is 0. The molecule has 0 bridgehead atoms. The SMILES string of the molecule is Cc1nc(C(=O)N(CC2CC2)CC2CC2)n[nH]1. The van der Waals surface area contributed by atoms with Gasteiger partial charge >= 0.3 is 0 Å². The van der Waals surface area contributed by atoms with Gasteiger partial charge in [-0.3, -0.25) is 9.89 Å². The number of nitrogens with zero attached hydrogens (tertiary/aromatic N) is 3. The van der Waals surface area contributed by atoms with Gasteiger partial charge in [0.15, 0.2) is 0 Å². The number of H-pyrrole nitrogens is 1. The third-order valence-corrected chi connectivity index (χ3v) is 3.43. The second-order valence-electron chi connectivity index (χ2n) is 5.34. The fourth-order valence-corrected chi connectivity index (χ4v) is 2.04. The van der Waals surface area contributed by atoms with Crippen molar-refractivity contribution in [2.24, 2.45) is 11.8 Å². The van der Waals surface area contributed by atoms with Crippen LogP contribution in [-0.2, 0) is 0 Å². The molecular weight excluding hydrogens is 216 g/mol. The maximum absolute atomic E-state index is 12.3. The molecule has 1 aromatic heterocycles. The Bertz CT molecular complexity index is 406. The monoisotopic (exact) mass is 234 g/mol. The van der Waals surface area contributed by atoms with Crippen molar-refractivity contribution in [1.82, 2.24) is 20.1 Å². The first-order chi connectivity index (χ1) is 8.22. The van der Waals surface area contributed by atoms with Gasteiger partial charge in [0, 0.05) is 13.1 Å². The molecule has 0 aliphatic heterocycles. The van der Waals surface area contributed by atoms with Crippen LogP contribution in [0.5, 0.6) is 0 Å². The number of aryl methyl sites for hydroxylation is 1. The molecule has 0 atom stereocenters. The van der Waals surface area contributed by atoms with Crippen molar-refractivity contribution >= 4 is 5.91 Å². The van der Waals surface area contributed by atoms with E-state index in [1.165, 1.54) is 25.7 Å². The van der Waals surface area contributed by atoms with Crippen molar-refractivity contribution in [2.75, 3.05) is 13.1 Å². The highest BCUT2D eigenvalue weighted by Gasteiger charge is 2.32. The molecule has 17 heavy (non-hydrogen) atoms. The molecule has 0 aromatic carbocycles. The van der Waals surface area contributed by atoms with E-state index in [1.54, 1.807) is 0 Å². The van der Waals surface area contributed by atoms with Crippen LogP contribution < -0.4 is 0 Å². The Morgan fingerprint density at radius 2 is 1.88 bits per heavy atom. The maximum atomic E-state index is 12.3. The van der Waals surface area contributed by atoms with Gasteiger partial charge in [0.2, 0.25) is 5.82 Å². The van der Waals surface area contributed by atoms with Crippen molar-refractivity contribution in [2.45, 2.75) is 32.6 Å². The zero-order valence-corrected chi connectivity index (χ0v) is 10.1. The molecule has 92 valence electrons. The van der Waals surface area contributed by atoms with Crippen LogP contribution in [0, 0.1) is 18.8 Å². The Hall–Kier alpha value is -1.39. The Morgan fingerprint density at radius 3 is 2.29 bits per heavy atom. The van der Waals surface area contributed by atoms with Crippen LogP contribution in [0.1, 0.15) is 42.1 Å². The van der Waals surface area contributed by atoms with Gasteiger partial charge in [-0.1, -0.05) is 0 Å². The fourth-order valence-electron chi connectivity index (χ4n) is 2.04. The van der Waals surface area contributed by atoms with E-state index in [0.717, 1.165) is 24.9 Å². The summed E-state index contributed by atoms with van der Waals surface area (Å²) in [4.78, 5) is 18.4. The van der Waals surface area contributed by atoms with E-state index in [2.05, 4.69) is 15.2 Å². The second-order valence-corrected chi connectivity index (χ2v) is 5.34. The lowest BCUT2D eigenvalue weighted by Crippen LogP contribution is -2.35. The molecule has 2 saturated carbocycles. The standard InChI is InChI=1S/C12H18N4O/c1-8-13-11(15-14-8)12(17)16(6-9-2-3-9)7-10-4-5-10/h9-10H,2-7H2,1H3,(H,13,14,15). The molecule has 0 radical (unpaired) electrons. The number of carbonyl (C=O) groups is 1. The van der Waals surface area contributed by atoms with Gasteiger partial charge in [-0.15, -0.1) is 5.10 Å². The molecular formula is C12H18N4O. The van der Waals surface area contributed by atoms with Crippen molar-refractivity contribution in [3.05, 3.63) is 11.6 Å². The molecule has 1 aromatic rings. The summed E-state index contributed by atoms with van der Waals surface area (Å²) in [5.74, 6) is 2.46. The molecule has 0 spiro atoms. The summed E-state index contributed by atoms with van der Waals surface area (Å²) in [5.41, 5.74) is 0. The van der Waals surface area contributed by atoms with E-state index < -0.39 is 0 Å². The minimum Gasteiger partial charge on any atom is -0.335 e. The van der Waals surface area contributed by atoms with Gasteiger partial charge < -0.3 is 4.90 Å². The summed E-state index contributed by atoms with van der Waals surface area (Å²) in [6, 6.07) is 0. The van der Waals surface area contributed by atoms with Crippen molar-refractivity contribution in [1.29, 1.82) is 0 Å². The third kappa shape index (κ3) is 2.65. The molecule has 0 saturated heterocycles. The minimum absolute atomic E-state index is 0.00634. The summed E-state index contributed by atoms with van der Waals surface area (Å²) in [6.45, 7) is 3.60. The number of hydrogen-bond donors (Lipinski definition) is 1. The lowest BCUT2D eigenvalue weighted by Gasteiger charge is -2.20. The van der Waals surface area contributed by atoms with Gasteiger partial charge in [-0.05, 0) is 44.4 Å². The molecule has 1 amide bonds. The molecule has 3 rings (SSSR count). The number of hydrogen-bond acceptors (Lipinski definition) is 3. The zero-order valence-electron chi connectivity index (χ0n) is 10.1. The van der Waals surface area contributed by atoms with Gasteiger partial charge in [-0.2, -0.15) is 0 Å². The molecule has 5 nitrogen and oxygen atoms in total. The predicted molar refractivity (Wildman–Crippen MR) is 62.5 cm³/mol. The van der Waals surface area contributed by atoms with Crippen LogP contribution >= 0.6 is 0 Å². The Kier molecular flexibility index (Phi) is 2.61. The average molecular weight is 234 g/mol.